The summed E-state index contributed by atoms with van der Waals surface area (Å²) >= 11 is 0. The first kappa shape index (κ1) is 24.3. The lowest BCUT2D eigenvalue weighted by Gasteiger charge is -2.15. The van der Waals surface area contributed by atoms with E-state index in [-0.39, 0.29) is 37.3 Å². The molecule has 0 saturated carbocycles. The molecule has 3 N–H and O–H groups in total. The largest absolute Gasteiger partial charge is 0.481 e. The van der Waals surface area contributed by atoms with Crippen LogP contribution in [0.4, 0.5) is 4.79 Å². The number of carbonyl (C=O) groups is 3. The molecule has 0 spiro atoms. The van der Waals surface area contributed by atoms with Crippen LogP contribution in [-0.4, -0.2) is 42.8 Å². The van der Waals surface area contributed by atoms with Crippen molar-refractivity contribution in [3.63, 3.8) is 0 Å². The van der Waals surface area contributed by atoms with Gasteiger partial charge in [-0.05, 0) is 41.0 Å². The maximum atomic E-state index is 12.2. The van der Waals surface area contributed by atoms with E-state index in [0.717, 1.165) is 11.1 Å². The summed E-state index contributed by atoms with van der Waals surface area (Å²) in [6.45, 7) is 4.57. The van der Waals surface area contributed by atoms with Gasteiger partial charge in [0.05, 0.1) is 5.92 Å². The normalized spacial score (nSPS) is 13.2. The lowest BCUT2D eigenvalue weighted by Crippen LogP contribution is -2.34. The van der Waals surface area contributed by atoms with Gasteiger partial charge in [-0.1, -0.05) is 62.4 Å². The Bertz CT molecular complexity index is 943. The zero-order valence-electron chi connectivity index (χ0n) is 19.2. The van der Waals surface area contributed by atoms with E-state index in [2.05, 4.69) is 34.9 Å². The molecule has 7 nitrogen and oxygen atoms in total. The van der Waals surface area contributed by atoms with Crippen LogP contribution < -0.4 is 10.6 Å². The predicted molar refractivity (Wildman–Crippen MR) is 126 cm³/mol. The first-order chi connectivity index (χ1) is 15.9. The van der Waals surface area contributed by atoms with Gasteiger partial charge in [0.15, 0.2) is 0 Å². The van der Waals surface area contributed by atoms with E-state index in [0.29, 0.717) is 19.4 Å². The van der Waals surface area contributed by atoms with Crippen molar-refractivity contribution >= 4 is 18.0 Å². The summed E-state index contributed by atoms with van der Waals surface area (Å²) < 4.78 is 5.47. The number of carboxylic acids is 1. The molecule has 176 valence electrons. The fourth-order valence-corrected chi connectivity index (χ4v) is 4.25. The quantitative estimate of drug-likeness (QED) is 0.444. The van der Waals surface area contributed by atoms with Gasteiger partial charge < -0.3 is 20.5 Å². The number of hydrogen-bond acceptors (Lipinski definition) is 4. The first-order valence-electron chi connectivity index (χ1n) is 11.4. The van der Waals surface area contributed by atoms with Gasteiger partial charge in [-0.2, -0.15) is 0 Å². The van der Waals surface area contributed by atoms with Gasteiger partial charge in [0.25, 0.3) is 0 Å². The molecule has 0 aromatic heterocycles. The Hall–Kier alpha value is -3.35. The Morgan fingerprint density at radius 3 is 2.15 bits per heavy atom. The Morgan fingerprint density at radius 2 is 1.58 bits per heavy atom. The predicted octanol–water partition coefficient (Wildman–Crippen LogP) is 4.17. The molecule has 7 heteroatoms. The van der Waals surface area contributed by atoms with Crippen LogP contribution in [-0.2, 0) is 14.3 Å². The summed E-state index contributed by atoms with van der Waals surface area (Å²) in [5.74, 6) is -1.47. The third kappa shape index (κ3) is 6.57. The highest BCUT2D eigenvalue weighted by atomic mass is 16.5. The van der Waals surface area contributed by atoms with Crippen molar-refractivity contribution in [2.75, 3.05) is 19.7 Å². The van der Waals surface area contributed by atoms with Crippen molar-refractivity contribution in [2.45, 2.75) is 39.0 Å². The minimum atomic E-state index is -0.902. The van der Waals surface area contributed by atoms with E-state index in [1.54, 1.807) is 0 Å². The van der Waals surface area contributed by atoms with Crippen molar-refractivity contribution in [1.29, 1.82) is 0 Å². The van der Waals surface area contributed by atoms with Crippen molar-refractivity contribution in [2.24, 2.45) is 11.8 Å². The van der Waals surface area contributed by atoms with Crippen molar-refractivity contribution < 1.29 is 24.2 Å². The van der Waals surface area contributed by atoms with Crippen LogP contribution in [0, 0.1) is 11.8 Å². The highest BCUT2D eigenvalue weighted by Crippen LogP contribution is 2.44. The zero-order valence-corrected chi connectivity index (χ0v) is 19.2. The molecule has 2 amide bonds. The van der Waals surface area contributed by atoms with Gasteiger partial charge in [0.1, 0.15) is 6.61 Å². The zero-order chi connectivity index (χ0) is 23.8. The highest BCUT2D eigenvalue weighted by molar-refractivity contribution is 5.79. The number of hydrogen-bond donors (Lipinski definition) is 3. The molecule has 33 heavy (non-hydrogen) atoms. The highest BCUT2D eigenvalue weighted by Gasteiger charge is 2.29. The average molecular weight is 453 g/mol. The maximum absolute atomic E-state index is 12.2. The average Bonchev–Trinajstić information content (AvgIpc) is 3.11. The van der Waals surface area contributed by atoms with Gasteiger partial charge >= 0.3 is 12.1 Å². The number of carbonyl (C=O) groups excluding carboxylic acids is 2. The smallest absolute Gasteiger partial charge is 0.407 e. The van der Waals surface area contributed by atoms with Gasteiger partial charge in [0.2, 0.25) is 5.91 Å². The number of amides is 2. The molecular formula is C26H32N2O5. The number of rotatable bonds is 11. The number of ether oxygens (including phenoxy) is 1. The standard InChI is InChI=1S/C26H32N2O5/c1-17(2)14-18(25(30)31)15-28-24(29)12-7-13-27-26(32)33-16-23-21-10-5-3-8-19(21)20-9-4-6-11-22(20)23/h3-6,8-11,17-18,23H,7,12-16H2,1-2H3,(H,27,32)(H,28,29)(H,30,31). The van der Waals surface area contributed by atoms with Crippen LogP contribution in [0.25, 0.3) is 11.1 Å². The number of aliphatic carboxylic acids is 1. The monoisotopic (exact) mass is 452 g/mol. The molecule has 2 aromatic rings. The van der Waals surface area contributed by atoms with Gasteiger partial charge in [-0.25, -0.2) is 4.79 Å². The fraction of sp³-hybridized carbons (Fsp3) is 0.423. The van der Waals surface area contributed by atoms with E-state index in [9.17, 15) is 19.5 Å². The van der Waals surface area contributed by atoms with Crippen LogP contribution in [0.3, 0.4) is 0 Å². The van der Waals surface area contributed by atoms with Gasteiger partial charge in [-0.15, -0.1) is 0 Å². The topological polar surface area (TPSA) is 105 Å². The van der Waals surface area contributed by atoms with Crippen LogP contribution in [0.15, 0.2) is 48.5 Å². The summed E-state index contributed by atoms with van der Waals surface area (Å²) in [6.07, 6.45) is 0.648. The van der Waals surface area contributed by atoms with Gasteiger partial charge in [-0.3, -0.25) is 9.59 Å². The number of carboxylic acid groups (broad SMARTS) is 1. The summed E-state index contributed by atoms with van der Waals surface area (Å²) in [5, 5.41) is 14.6. The third-order valence-electron chi connectivity index (χ3n) is 5.84. The summed E-state index contributed by atoms with van der Waals surface area (Å²) in [6, 6.07) is 16.3. The van der Waals surface area contributed by atoms with E-state index < -0.39 is 18.0 Å². The number of nitrogens with one attached hydrogen (secondary N) is 2. The van der Waals surface area contributed by atoms with Crippen LogP contribution in [0.2, 0.25) is 0 Å². The molecule has 2 aromatic carbocycles. The molecule has 0 saturated heterocycles. The van der Waals surface area contributed by atoms with E-state index >= 15 is 0 Å². The minimum absolute atomic E-state index is 0.00180. The second-order valence-electron chi connectivity index (χ2n) is 8.82. The lowest BCUT2D eigenvalue weighted by atomic mass is 9.97. The van der Waals surface area contributed by atoms with Crippen molar-refractivity contribution in [3.05, 3.63) is 59.7 Å². The Labute approximate surface area is 194 Å². The molecule has 0 aliphatic heterocycles. The van der Waals surface area contributed by atoms with E-state index in [1.165, 1.54) is 11.1 Å². The van der Waals surface area contributed by atoms with E-state index in [1.807, 2.05) is 38.1 Å². The number of benzene rings is 2. The first-order valence-corrected chi connectivity index (χ1v) is 11.4. The number of alkyl carbamates (subject to hydrolysis) is 1. The molecule has 3 rings (SSSR count). The molecule has 1 aliphatic carbocycles. The molecule has 0 heterocycles. The Balaban J connectivity index is 1.38. The summed E-state index contributed by atoms with van der Waals surface area (Å²) in [4.78, 5) is 35.4. The van der Waals surface area contributed by atoms with Crippen LogP contribution in [0.1, 0.15) is 50.2 Å². The molecule has 0 radical (unpaired) electrons. The molecule has 0 fully saturated rings. The summed E-state index contributed by atoms with van der Waals surface area (Å²) in [5.41, 5.74) is 4.65. The van der Waals surface area contributed by atoms with Crippen molar-refractivity contribution in [1.82, 2.24) is 10.6 Å². The Morgan fingerprint density at radius 1 is 0.970 bits per heavy atom. The third-order valence-corrected chi connectivity index (χ3v) is 5.84. The fourth-order valence-electron chi connectivity index (χ4n) is 4.25. The Kier molecular flexibility index (Phi) is 8.46. The number of fused-ring (bicyclic) bond motifs is 3. The van der Waals surface area contributed by atoms with Crippen LogP contribution >= 0.6 is 0 Å². The molecule has 1 atom stereocenters. The van der Waals surface area contributed by atoms with Gasteiger partial charge in [0, 0.05) is 25.4 Å². The second-order valence-corrected chi connectivity index (χ2v) is 8.82. The minimum Gasteiger partial charge on any atom is -0.481 e. The second kappa shape index (κ2) is 11.5. The molecular weight excluding hydrogens is 420 g/mol. The molecule has 0 bridgehead atoms. The lowest BCUT2D eigenvalue weighted by molar-refractivity contribution is -0.142. The maximum Gasteiger partial charge on any atom is 0.407 e. The SMILES string of the molecule is CC(C)CC(CNC(=O)CCCNC(=O)OCC1c2ccccc2-c2ccccc21)C(=O)O. The van der Waals surface area contributed by atoms with Crippen molar-refractivity contribution in [3.8, 4) is 11.1 Å². The summed E-state index contributed by atoms with van der Waals surface area (Å²) in [7, 11) is 0. The molecule has 1 unspecified atom stereocenters. The van der Waals surface area contributed by atoms with Crippen LogP contribution in [0.5, 0.6) is 0 Å². The molecule has 1 aliphatic rings. The van der Waals surface area contributed by atoms with E-state index in [4.69, 9.17) is 4.74 Å².